The first-order chi connectivity index (χ1) is 13.5. The van der Waals surface area contributed by atoms with E-state index >= 15 is 0 Å². The molecule has 2 aromatic carbocycles. The molecule has 3 aromatic rings. The molecular formula is C24H29N3O. The molecule has 1 saturated heterocycles. The van der Waals surface area contributed by atoms with Gasteiger partial charge in [0.25, 0.3) is 0 Å². The van der Waals surface area contributed by atoms with Crippen molar-refractivity contribution in [3.8, 4) is 17.0 Å². The lowest BCUT2D eigenvalue weighted by Crippen LogP contribution is -2.31. The second-order valence-electron chi connectivity index (χ2n) is 8.06. The molecule has 1 atom stereocenters. The van der Waals surface area contributed by atoms with Crippen LogP contribution in [0, 0.1) is 6.92 Å². The second kappa shape index (κ2) is 7.90. The topological polar surface area (TPSA) is 28.6 Å². The fourth-order valence-electron chi connectivity index (χ4n) is 4.06. The summed E-state index contributed by atoms with van der Waals surface area (Å²) in [4.78, 5) is 9.97. The molecule has 0 bridgehead atoms. The van der Waals surface area contributed by atoms with Crippen LogP contribution in [0.4, 0.5) is 0 Å². The lowest BCUT2D eigenvalue weighted by atomic mass is 10.0. The molecule has 1 aliphatic rings. The Hall–Kier alpha value is -2.43. The zero-order valence-corrected chi connectivity index (χ0v) is 17.3. The average molecular weight is 376 g/mol. The number of hydrogen-bond donors (Lipinski definition) is 0. The maximum atomic E-state index is 5.33. The van der Waals surface area contributed by atoms with Gasteiger partial charge in [-0.15, -0.1) is 0 Å². The SMILES string of the molecule is COc1ccc(-c2nc3cc(C)ccc3cc2CN2CC[C@@H](N(C)C)C2)cc1. The lowest BCUT2D eigenvalue weighted by Gasteiger charge is -2.21. The van der Waals surface area contributed by atoms with Crippen LogP contribution in [0.25, 0.3) is 22.2 Å². The van der Waals surface area contributed by atoms with Gasteiger partial charge in [0.1, 0.15) is 5.75 Å². The molecule has 0 amide bonds. The van der Waals surface area contributed by atoms with E-state index < -0.39 is 0 Å². The Morgan fingerprint density at radius 1 is 1.11 bits per heavy atom. The minimum Gasteiger partial charge on any atom is -0.497 e. The molecule has 0 spiro atoms. The van der Waals surface area contributed by atoms with E-state index in [1.165, 1.54) is 22.9 Å². The number of likely N-dealkylation sites (N-methyl/N-ethyl adjacent to an activating group) is 1. The van der Waals surface area contributed by atoms with Crippen LogP contribution in [0.15, 0.2) is 48.5 Å². The smallest absolute Gasteiger partial charge is 0.118 e. The summed E-state index contributed by atoms with van der Waals surface area (Å²) < 4.78 is 5.33. The van der Waals surface area contributed by atoms with Gasteiger partial charge in [-0.2, -0.15) is 0 Å². The Bertz CT molecular complexity index is 965. The van der Waals surface area contributed by atoms with E-state index in [-0.39, 0.29) is 0 Å². The second-order valence-corrected chi connectivity index (χ2v) is 8.06. The van der Waals surface area contributed by atoms with Crippen LogP contribution in [-0.2, 0) is 6.54 Å². The van der Waals surface area contributed by atoms with Crippen molar-refractivity contribution in [2.24, 2.45) is 0 Å². The average Bonchev–Trinajstić information content (AvgIpc) is 3.17. The van der Waals surface area contributed by atoms with Gasteiger partial charge < -0.3 is 9.64 Å². The van der Waals surface area contributed by atoms with E-state index in [1.807, 2.05) is 12.1 Å². The van der Waals surface area contributed by atoms with Gasteiger partial charge in [0.15, 0.2) is 0 Å². The van der Waals surface area contributed by atoms with E-state index in [0.29, 0.717) is 6.04 Å². The minimum atomic E-state index is 0.639. The summed E-state index contributed by atoms with van der Waals surface area (Å²) >= 11 is 0. The normalized spacial score (nSPS) is 17.5. The van der Waals surface area contributed by atoms with Crippen molar-refractivity contribution in [2.45, 2.75) is 25.9 Å². The Balaban J connectivity index is 1.73. The van der Waals surface area contributed by atoms with E-state index in [2.05, 4.69) is 67.2 Å². The molecule has 4 rings (SSSR count). The summed E-state index contributed by atoms with van der Waals surface area (Å²) in [6.45, 7) is 5.30. The fourth-order valence-corrected chi connectivity index (χ4v) is 4.06. The van der Waals surface area contributed by atoms with Crippen LogP contribution < -0.4 is 4.74 Å². The number of methoxy groups -OCH3 is 1. The zero-order chi connectivity index (χ0) is 19.7. The third kappa shape index (κ3) is 3.89. The summed E-state index contributed by atoms with van der Waals surface area (Å²) in [5, 5.41) is 1.21. The van der Waals surface area contributed by atoms with Crippen molar-refractivity contribution in [3.05, 3.63) is 59.7 Å². The van der Waals surface area contributed by atoms with Crippen molar-refractivity contribution in [2.75, 3.05) is 34.3 Å². The van der Waals surface area contributed by atoms with Crippen molar-refractivity contribution >= 4 is 10.9 Å². The van der Waals surface area contributed by atoms with Crippen LogP contribution >= 0.6 is 0 Å². The van der Waals surface area contributed by atoms with Gasteiger partial charge in [-0.1, -0.05) is 12.1 Å². The van der Waals surface area contributed by atoms with Crippen LogP contribution in [0.3, 0.4) is 0 Å². The number of likely N-dealkylation sites (tertiary alicyclic amines) is 1. The molecule has 4 heteroatoms. The Morgan fingerprint density at radius 3 is 2.57 bits per heavy atom. The number of hydrogen-bond acceptors (Lipinski definition) is 4. The molecular weight excluding hydrogens is 346 g/mol. The van der Waals surface area contributed by atoms with Gasteiger partial charge in [0, 0.05) is 36.6 Å². The van der Waals surface area contributed by atoms with E-state index in [1.54, 1.807) is 7.11 Å². The van der Waals surface area contributed by atoms with E-state index in [4.69, 9.17) is 9.72 Å². The number of aromatic nitrogens is 1. The molecule has 0 saturated carbocycles. The van der Waals surface area contributed by atoms with Gasteiger partial charge in [0.05, 0.1) is 18.3 Å². The number of ether oxygens (including phenoxy) is 1. The highest BCUT2D eigenvalue weighted by molar-refractivity contribution is 5.84. The molecule has 0 N–H and O–H groups in total. The quantitative estimate of drug-likeness (QED) is 0.663. The van der Waals surface area contributed by atoms with E-state index in [0.717, 1.165) is 42.2 Å². The third-order valence-electron chi connectivity index (χ3n) is 5.79. The molecule has 4 nitrogen and oxygen atoms in total. The predicted octanol–water partition coefficient (Wildman–Crippen LogP) is 4.35. The summed E-state index contributed by atoms with van der Waals surface area (Å²) in [6.07, 6.45) is 1.23. The number of nitrogens with zero attached hydrogens (tertiary/aromatic N) is 3. The molecule has 1 aliphatic heterocycles. The molecule has 0 unspecified atom stereocenters. The van der Waals surface area contributed by atoms with Crippen molar-refractivity contribution in [1.82, 2.24) is 14.8 Å². The van der Waals surface area contributed by atoms with Crippen LogP contribution in [-0.4, -0.2) is 55.1 Å². The highest BCUT2D eigenvalue weighted by Crippen LogP contribution is 2.29. The number of aryl methyl sites for hydroxylation is 1. The molecule has 1 fully saturated rings. The highest BCUT2D eigenvalue weighted by atomic mass is 16.5. The van der Waals surface area contributed by atoms with Crippen LogP contribution in [0.5, 0.6) is 5.75 Å². The largest absolute Gasteiger partial charge is 0.497 e. The van der Waals surface area contributed by atoms with Gasteiger partial charge >= 0.3 is 0 Å². The van der Waals surface area contributed by atoms with Crippen molar-refractivity contribution in [3.63, 3.8) is 0 Å². The molecule has 1 aromatic heterocycles. The fraction of sp³-hybridized carbons (Fsp3) is 0.375. The Labute approximate surface area is 167 Å². The maximum Gasteiger partial charge on any atom is 0.118 e. The van der Waals surface area contributed by atoms with Crippen LogP contribution in [0.1, 0.15) is 17.5 Å². The van der Waals surface area contributed by atoms with Gasteiger partial charge in [-0.25, -0.2) is 4.98 Å². The molecule has 146 valence electrons. The number of fused-ring (bicyclic) bond motifs is 1. The first-order valence-electron chi connectivity index (χ1n) is 9.97. The summed E-state index contributed by atoms with van der Waals surface area (Å²) in [7, 11) is 6.06. The minimum absolute atomic E-state index is 0.639. The van der Waals surface area contributed by atoms with Crippen molar-refractivity contribution < 1.29 is 4.74 Å². The molecule has 28 heavy (non-hydrogen) atoms. The van der Waals surface area contributed by atoms with E-state index in [9.17, 15) is 0 Å². The predicted molar refractivity (Wildman–Crippen MR) is 116 cm³/mol. The number of pyridine rings is 1. The highest BCUT2D eigenvalue weighted by Gasteiger charge is 2.25. The van der Waals surface area contributed by atoms with Crippen molar-refractivity contribution in [1.29, 1.82) is 0 Å². The Morgan fingerprint density at radius 2 is 1.89 bits per heavy atom. The van der Waals surface area contributed by atoms with Gasteiger partial charge in [0.2, 0.25) is 0 Å². The molecule has 2 heterocycles. The number of rotatable bonds is 5. The first-order valence-corrected chi connectivity index (χ1v) is 9.97. The summed E-state index contributed by atoms with van der Waals surface area (Å²) in [5.74, 6) is 0.871. The zero-order valence-electron chi connectivity index (χ0n) is 17.3. The van der Waals surface area contributed by atoms with Gasteiger partial charge in [-0.05, 0) is 75.0 Å². The first kappa shape index (κ1) is 18.9. The standard InChI is InChI=1S/C24H29N3O/c1-17-5-6-19-14-20(15-27-12-11-21(16-27)26(2)3)24(25-23(19)13-17)18-7-9-22(28-4)10-8-18/h5-10,13-14,21H,11-12,15-16H2,1-4H3/t21-/m1/s1. The molecule has 0 radical (unpaired) electrons. The number of benzene rings is 2. The molecule has 0 aliphatic carbocycles. The summed E-state index contributed by atoms with van der Waals surface area (Å²) in [5.41, 5.74) is 5.81. The monoisotopic (exact) mass is 375 g/mol. The van der Waals surface area contributed by atoms with Gasteiger partial charge in [-0.3, -0.25) is 4.90 Å². The third-order valence-corrected chi connectivity index (χ3v) is 5.79. The lowest BCUT2D eigenvalue weighted by molar-refractivity contribution is 0.265. The maximum absolute atomic E-state index is 5.33. The van der Waals surface area contributed by atoms with Crippen LogP contribution in [0.2, 0.25) is 0 Å². The Kier molecular flexibility index (Phi) is 5.33. The summed E-state index contributed by atoms with van der Waals surface area (Å²) in [6, 6.07) is 17.7.